The largest absolute Gasteiger partial charge is 0.477 e. The molecule has 0 aromatic carbocycles. The van der Waals surface area contributed by atoms with Gasteiger partial charge in [0.2, 0.25) is 0 Å². The Labute approximate surface area is 81.2 Å². The fourth-order valence-electron chi connectivity index (χ4n) is 1.14. The topological polar surface area (TPSA) is 63.3 Å². The van der Waals surface area contributed by atoms with Gasteiger partial charge in [0.05, 0.1) is 0 Å². The smallest absolute Gasteiger partial charge is 0.345 e. The van der Waals surface area contributed by atoms with Gasteiger partial charge in [-0.1, -0.05) is 13.3 Å². The minimum atomic E-state index is -0.875. The number of nitrogens with two attached hydrogens (primary N) is 1. The van der Waals surface area contributed by atoms with Gasteiger partial charge in [0.25, 0.3) is 0 Å². The van der Waals surface area contributed by atoms with Crippen LogP contribution in [0.2, 0.25) is 0 Å². The first kappa shape index (κ1) is 10.2. The van der Waals surface area contributed by atoms with Gasteiger partial charge >= 0.3 is 5.97 Å². The molecule has 3 N–H and O–H groups in total. The first-order valence-electron chi connectivity index (χ1n) is 4.22. The highest BCUT2D eigenvalue weighted by Crippen LogP contribution is 2.22. The lowest BCUT2D eigenvalue weighted by atomic mass is 10.1. The van der Waals surface area contributed by atoms with E-state index in [1.165, 1.54) is 11.3 Å². The van der Waals surface area contributed by atoms with Crippen LogP contribution in [0.5, 0.6) is 0 Å². The first-order chi connectivity index (χ1) is 6.15. The number of thiophene rings is 1. The fourth-order valence-corrected chi connectivity index (χ4v) is 1.95. The van der Waals surface area contributed by atoms with E-state index in [1.807, 2.05) is 5.38 Å². The van der Waals surface area contributed by atoms with Crippen molar-refractivity contribution >= 4 is 17.3 Å². The molecule has 0 fully saturated rings. The average Bonchev–Trinajstić information content (AvgIpc) is 2.52. The molecule has 0 radical (unpaired) electrons. The van der Waals surface area contributed by atoms with E-state index >= 15 is 0 Å². The summed E-state index contributed by atoms with van der Waals surface area (Å²) in [6.07, 6.45) is 1.91. The van der Waals surface area contributed by atoms with Crippen molar-refractivity contribution < 1.29 is 9.90 Å². The number of hydrogen-bond donors (Lipinski definition) is 2. The monoisotopic (exact) mass is 199 g/mol. The van der Waals surface area contributed by atoms with Gasteiger partial charge in [0.15, 0.2) is 0 Å². The molecule has 13 heavy (non-hydrogen) atoms. The summed E-state index contributed by atoms with van der Waals surface area (Å²) in [5.41, 5.74) is 6.77. The Bertz CT molecular complexity index is 296. The third-order valence-corrected chi connectivity index (χ3v) is 2.79. The van der Waals surface area contributed by atoms with Crippen molar-refractivity contribution in [3.63, 3.8) is 0 Å². The summed E-state index contributed by atoms with van der Waals surface area (Å²) >= 11 is 1.23. The molecule has 0 aliphatic rings. The normalized spacial score (nSPS) is 12.8. The third-order valence-electron chi connectivity index (χ3n) is 1.86. The average molecular weight is 199 g/mol. The molecule has 0 spiro atoms. The van der Waals surface area contributed by atoms with Crippen LogP contribution in [-0.4, -0.2) is 11.1 Å². The van der Waals surface area contributed by atoms with Crippen LogP contribution in [0.3, 0.4) is 0 Å². The number of rotatable bonds is 4. The zero-order chi connectivity index (χ0) is 9.84. The quantitative estimate of drug-likeness (QED) is 0.781. The van der Waals surface area contributed by atoms with Crippen molar-refractivity contribution in [2.45, 2.75) is 25.8 Å². The Morgan fingerprint density at radius 1 is 1.77 bits per heavy atom. The second-order valence-corrected chi connectivity index (χ2v) is 3.86. The summed E-state index contributed by atoms with van der Waals surface area (Å²) in [6.45, 7) is 2.06. The van der Waals surface area contributed by atoms with Crippen LogP contribution < -0.4 is 5.73 Å². The zero-order valence-electron chi connectivity index (χ0n) is 7.49. The summed E-state index contributed by atoms with van der Waals surface area (Å²) < 4.78 is 0. The summed E-state index contributed by atoms with van der Waals surface area (Å²) in [6, 6.07) is 1.64. The van der Waals surface area contributed by atoms with E-state index in [0.717, 1.165) is 18.4 Å². The molecular weight excluding hydrogens is 186 g/mol. The van der Waals surface area contributed by atoms with Gasteiger partial charge in [-0.25, -0.2) is 4.79 Å². The highest BCUT2D eigenvalue weighted by molar-refractivity contribution is 7.12. The molecule has 0 aliphatic heterocycles. The molecule has 1 heterocycles. The minimum absolute atomic E-state index is 0.0191. The van der Waals surface area contributed by atoms with Crippen LogP contribution in [0.25, 0.3) is 0 Å². The van der Waals surface area contributed by atoms with Gasteiger partial charge in [-0.3, -0.25) is 0 Å². The third kappa shape index (κ3) is 2.54. The van der Waals surface area contributed by atoms with Crippen LogP contribution in [0.1, 0.15) is 41.0 Å². The Kier molecular flexibility index (Phi) is 3.45. The molecule has 1 unspecified atom stereocenters. The maximum atomic E-state index is 10.6. The molecule has 1 atom stereocenters. The van der Waals surface area contributed by atoms with Crippen molar-refractivity contribution in [1.82, 2.24) is 0 Å². The van der Waals surface area contributed by atoms with Gasteiger partial charge in [-0.15, -0.1) is 11.3 Å². The molecule has 0 saturated carbocycles. The summed E-state index contributed by atoms with van der Waals surface area (Å²) in [5, 5.41) is 10.5. The predicted molar refractivity (Wildman–Crippen MR) is 53.1 cm³/mol. The Hall–Kier alpha value is -0.870. The van der Waals surface area contributed by atoms with Gasteiger partial charge < -0.3 is 10.8 Å². The van der Waals surface area contributed by atoms with E-state index in [9.17, 15) is 4.79 Å². The van der Waals surface area contributed by atoms with E-state index in [1.54, 1.807) is 6.07 Å². The second kappa shape index (κ2) is 4.39. The van der Waals surface area contributed by atoms with Gasteiger partial charge in [-0.05, 0) is 23.4 Å². The van der Waals surface area contributed by atoms with Gasteiger partial charge in [-0.2, -0.15) is 0 Å². The van der Waals surface area contributed by atoms with E-state index in [2.05, 4.69) is 6.92 Å². The second-order valence-electron chi connectivity index (χ2n) is 2.94. The maximum absolute atomic E-state index is 10.6. The lowest BCUT2D eigenvalue weighted by Crippen LogP contribution is -2.08. The van der Waals surface area contributed by atoms with E-state index in [-0.39, 0.29) is 6.04 Å². The number of carbonyl (C=O) groups is 1. The predicted octanol–water partition coefficient (Wildman–Crippen LogP) is 2.25. The number of hydrogen-bond acceptors (Lipinski definition) is 3. The Balaban J connectivity index is 2.73. The van der Waals surface area contributed by atoms with Crippen LogP contribution in [0, 0.1) is 0 Å². The molecule has 72 valence electrons. The minimum Gasteiger partial charge on any atom is -0.477 e. The first-order valence-corrected chi connectivity index (χ1v) is 5.10. The Morgan fingerprint density at radius 3 is 2.92 bits per heavy atom. The van der Waals surface area contributed by atoms with Crippen LogP contribution in [-0.2, 0) is 0 Å². The fraction of sp³-hybridized carbons (Fsp3) is 0.444. The standard InChI is InChI=1S/C9H13NO2S/c1-2-3-7(10)6-4-8(9(11)12)13-5-6/h4-5,7H,2-3,10H2,1H3,(H,11,12). The number of aromatic carboxylic acids is 1. The van der Waals surface area contributed by atoms with E-state index in [4.69, 9.17) is 10.8 Å². The molecule has 0 aliphatic carbocycles. The van der Waals surface area contributed by atoms with E-state index in [0.29, 0.717) is 4.88 Å². The van der Waals surface area contributed by atoms with Crippen molar-refractivity contribution in [2.75, 3.05) is 0 Å². The molecule has 0 bridgehead atoms. The molecule has 1 aromatic heterocycles. The number of carboxylic acid groups (broad SMARTS) is 1. The number of carboxylic acids is 1. The summed E-state index contributed by atoms with van der Waals surface area (Å²) in [7, 11) is 0. The SMILES string of the molecule is CCCC(N)c1csc(C(=O)O)c1. The highest BCUT2D eigenvalue weighted by Gasteiger charge is 2.11. The lowest BCUT2D eigenvalue weighted by Gasteiger charge is -2.06. The van der Waals surface area contributed by atoms with Crippen molar-refractivity contribution in [1.29, 1.82) is 0 Å². The van der Waals surface area contributed by atoms with Crippen LogP contribution in [0.4, 0.5) is 0 Å². The van der Waals surface area contributed by atoms with Crippen LogP contribution in [0.15, 0.2) is 11.4 Å². The molecule has 4 heteroatoms. The lowest BCUT2D eigenvalue weighted by molar-refractivity contribution is 0.0702. The van der Waals surface area contributed by atoms with Gasteiger partial charge in [0, 0.05) is 6.04 Å². The van der Waals surface area contributed by atoms with Crippen molar-refractivity contribution in [3.05, 3.63) is 21.9 Å². The van der Waals surface area contributed by atoms with Gasteiger partial charge in [0.1, 0.15) is 4.88 Å². The van der Waals surface area contributed by atoms with E-state index < -0.39 is 5.97 Å². The molecule has 1 rings (SSSR count). The summed E-state index contributed by atoms with van der Waals surface area (Å²) in [5.74, 6) is -0.875. The molecule has 0 saturated heterocycles. The zero-order valence-corrected chi connectivity index (χ0v) is 8.30. The molecule has 1 aromatic rings. The van der Waals surface area contributed by atoms with Crippen LogP contribution >= 0.6 is 11.3 Å². The molecule has 3 nitrogen and oxygen atoms in total. The Morgan fingerprint density at radius 2 is 2.46 bits per heavy atom. The molecule has 0 amide bonds. The highest BCUT2D eigenvalue weighted by atomic mass is 32.1. The van der Waals surface area contributed by atoms with Crippen molar-refractivity contribution in [2.24, 2.45) is 5.73 Å². The summed E-state index contributed by atoms with van der Waals surface area (Å²) in [4.78, 5) is 10.9. The van der Waals surface area contributed by atoms with Crippen molar-refractivity contribution in [3.8, 4) is 0 Å². The maximum Gasteiger partial charge on any atom is 0.345 e. The molecular formula is C9H13NO2S.